The summed E-state index contributed by atoms with van der Waals surface area (Å²) in [5, 5.41) is 12.0. The molecular weight excluding hydrogens is 336 g/mol. The van der Waals surface area contributed by atoms with Crippen molar-refractivity contribution in [1.29, 1.82) is 0 Å². The summed E-state index contributed by atoms with van der Waals surface area (Å²) in [5.41, 5.74) is 2.99. The van der Waals surface area contributed by atoms with Crippen molar-refractivity contribution in [3.05, 3.63) is 48.2 Å². The topological polar surface area (TPSA) is 61.8 Å². The molecule has 1 saturated carbocycles. The highest BCUT2D eigenvalue weighted by atomic mass is 15.2. The lowest BCUT2D eigenvalue weighted by Crippen LogP contribution is -2.36. The van der Waals surface area contributed by atoms with Gasteiger partial charge in [-0.15, -0.1) is 0 Å². The largest absolute Gasteiger partial charge is 0.334 e. The van der Waals surface area contributed by atoms with Crippen LogP contribution in [-0.4, -0.2) is 43.8 Å². The van der Waals surface area contributed by atoms with Gasteiger partial charge in [0, 0.05) is 36.9 Å². The molecule has 2 aliphatic rings. The number of benzene rings is 1. The van der Waals surface area contributed by atoms with Crippen LogP contribution < -0.4 is 5.32 Å². The molecule has 1 aromatic carbocycles. The van der Waals surface area contributed by atoms with Gasteiger partial charge in [-0.25, -0.2) is 4.98 Å². The molecular formula is C21H28N6. The Kier molecular flexibility index (Phi) is 4.25. The second kappa shape index (κ2) is 6.77. The van der Waals surface area contributed by atoms with E-state index in [2.05, 4.69) is 61.3 Å². The fourth-order valence-corrected chi connectivity index (χ4v) is 4.86. The number of fused-ring (bicyclic) bond motifs is 1. The molecule has 1 aliphatic carbocycles. The zero-order valence-corrected chi connectivity index (χ0v) is 16.0. The first-order valence-corrected chi connectivity index (χ1v) is 10.1. The number of H-pyrrole nitrogens is 1. The van der Waals surface area contributed by atoms with Crippen LogP contribution in [0.2, 0.25) is 0 Å². The lowest BCUT2D eigenvalue weighted by molar-refractivity contribution is 0.182. The summed E-state index contributed by atoms with van der Waals surface area (Å²) in [4.78, 5) is 7.31. The van der Waals surface area contributed by atoms with E-state index >= 15 is 0 Å². The Bertz CT molecular complexity index is 920. The summed E-state index contributed by atoms with van der Waals surface area (Å²) in [6, 6.07) is 7.33. The van der Waals surface area contributed by atoms with Crippen LogP contribution in [0.25, 0.3) is 10.9 Å². The SMILES string of the molecule is CCn1ccnc1CN(Cc1ccc2cn[nH]c2c1)[C@H]1CC12CCNCC2. The van der Waals surface area contributed by atoms with Crippen molar-refractivity contribution in [1.82, 2.24) is 30.0 Å². The van der Waals surface area contributed by atoms with Gasteiger partial charge in [0.25, 0.3) is 0 Å². The average molecular weight is 364 g/mol. The summed E-state index contributed by atoms with van der Waals surface area (Å²) >= 11 is 0. The molecule has 142 valence electrons. The van der Waals surface area contributed by atoms with Gasteiger partial charge < -0.3 is 9.88 Å². The summed E-state index contributed by atoms with van der Waals surface area (Å²) in [6.45, 7) is 7.37. The minimum atomic E-state index is 0.521. The van der Waals surface area contributed by atoms with E-state index in [-0.39, 0.29) is 0 Å². The van der Waals surface area contributed by atoms with E-state index in [9.17, 15) is 0 Å². The third-order valence-corrected chi connectivity index (χ3v) is 6.57. The molecule has 3 aromatic rings. The van der Waals surface area contributed by atoms with Crippen molar-refractivity contribution in [2.45, 2.75) is 51.9 Å². The van der Waals surface area contributed by atoms with Crippen molar-refractivity contribution in [3.63, 3.8) is 0 Å². The van der Waals surface area contributed by atoms with E-state index in [0.29, 0.717) is 11.5 Å². The van der Waals surface area contributed by atoms with Crippen LogP contribution in [0.1, 0.15) is 37.6 Å². The second-order valence-electron chi connectivity index (χ2n) is 8.16. The van der Waals surface area contributed by atoms with Crippen molar-refractivity contribution in [3.8, 4) is 0 Å². The Morgan fingerprint density at radius 3 is 3.00 bits per heavy atom. The maximum atomic E-state index is 4.65. The molecule has 1 aliphatic heterocycles. The monoisotopic (exact) mass is 364 g/mol. The first kappa shape index (κ1) is 17.0. The molecule has 2 N–H and O–H groups in total. The molecule has 6 heteroatoms. The van der Waals surface area contributed by atoms with Crippen LogP contribution in [0.3, 0.4) is 0 Å². The number of piperidine rings is 1. The van der Waals surface area contributed by atoms with E-state index in [1.807, 2.05) is 12.4 Å². The Hall–Kier alpha value is -2.18. The minimum absolute atomic E-state index is 0.521. The first-order valence-electron chi connectivity index (χ1n) is 10.1. The van der Waals surface area contributed by atoms with Gasteiger partial charge in [-0.2, -0.15) is 5.10 Å². The van der Waals surface area contributed by atoms with Crippen molar-refractivity contribution in [2.24, 2.45) is 5.41 Å². The molecule has 1 atom stereocenters. The molecule has 5 rings (SSSR count). The van der Waals surface area contributed by atoms with Crippen LogP contribution in [0.4, 0.5) is 0 Å². The van der Waals surface area contributed by atoms with Crippen molar-refractivity contribution < 1.29 is 0 Å². The number of hydrogen-bond donors (Lipinski definition) is 2. The molecule has 6 nitrogen and oxygen atoms in total. The van der Waals surface area contributed by atoms with E-state index in [1.165, 1.54) is 36.0 Å². The second-order valence-corrected chi connectivity index (χ2v) is 8.16. The minimum Gasteiger partial charge on any atom is -0.334 e. The average Bonchev–Trinajstić information content (AvgIpc) is 3.04. The van der Waals surface area contributed by atoms with E-state index in [1.54, 1.807) is 0 Å². The highest BCUT2D eigenvalue weighted by Crippen LogP contribution is 2.56. The highest BCUT2D eigenvalue weighted by Gasteiger charge is 2.56. The number of aryl methyl sites for hydroxylation is 1. The quantitative estimate of drug-likeness (QED) is 0.706. The van der Waals surface area contributed by atoms with Crippen molar-refractivity contribution >= 4 is 10.9 Å². The van der Waals surface area contributed by atoms with Gasteiger partial charge in [-0.3, -0.25) is 10.00 Å². The van der Waals surface area contributed by atoms with Crippen LogP contribution in [0.5, 0.6) is 0 Å². The maximum Gasteiger partial charge on any atom is 0.122 e. The predicted molar refractivity (Wildman–Crippen MR) is 106 cm³/mol. The highest BCUT2D eigenvalue weighted by molar-refractivity contribution is 5.78. The number of rotatable bonds is 6. The molecule has 1 spiro atoms. The van der Waals surface area contributed by atoms with E-state index in [0.717, 1.165) is 38.2 Å². The lowest BCUT2D eigenvalue weighted by atomic mass is 9.93. The Morgan fingerprint density at radius 2 is 2.15 bits per heavy atom. The number of aromatic amines is 1. The molecule has 0 amide bonds. The summed E-state index contributed by atoms with van der Waals surface area (Å²) in [5.74, 6) is 1.18. The number of imidazole rings is 1. The van der Waals surface area contributed by atoms with Crippen LogP contribution in [0.15, 0.2) is 36.8 Å². The maximum absolute atomic E-state index is 4.65. The predicted octanol–water partition coefficient (Wildman–Crippen LogP) is 2.92. The summed E-state index contributed by atoms with van der Waals surface area (Å²) in [7, 11) is 0. The summed E-state index contributed by atoms with van der Waals surface area (Å²) < 4.78 is 2.27. The van der Waals surface area contributed by atoms with E-state index in [4.69, 9.17) is 0 Å². The van der Waals surface area contributed by atoms with Crippen LogP contribution in [-0.2, 0) is 19.6 Å². The fraction of sp³-hybridized carbons (Fsp3) is 0.524. The molecule has 0 radical (unpaired) electrons. The van der Waals surface area contributed by atoms with Gasteiger partial charge in [-0.1, -0.05) is 12.1 Å². The van der Waals surface area contributed by atoms with Gasteiger partial charge in [0.2, 0.25) is 0 Å². The zero-order valence-electron chi connectivity index (χ0n) is 16.0. The van der Waals surface area contributed by atoms with Gasteiger partial charge in [0.1, 0.15) is 5.82 Å². The van der Waals surface area contributed by atoms with Gasteiger partial charge >= 0.3 is 0 Å². The first-order chi connectivity index (χ1) is 13.3. The fourth-order valence-electron chi connectivity index (χ4n) is 4.86. The van der Waals surface area contributed by atoms with Crippen LogP contribution >= 0.6 is 0 Å². The Labute approximate surface area is 160 Å². The Balaban J connectivity index is 1.40. The number of aromatic nitrogens is 4. The zero-order chi connectivity index (χ0) is 18.3. The third-order valence-electron chi connectivity index (χ3n) is 6.57. The number of nitrogens with one attached hydrogen (secondary N) is 2. The number of nitrogens with zero attached hydrogens (tertiary/aromatic N) is 4. The lowest BCUT2D eigenvalue weighted by Gasteiger charge is -2.29. The molecule has 1 saturated heterocycles. The standard InChI is InChI=1S/C21H28N6/c1-2-26-10-9-23-20(26)15-27(19-12-21(19)5-7-22-8-6-21)14-16-3-4-17-13-24-25-18(17)11-16/h3-4,9-11,13,19,22H,2,5-8,12,14-15H2,1H3,(H,24,25)/t19-/m0/s1. The van der Waals surface area contributed by atoms with Gasteiger partial charge in [-0.05, 0) is 56.3 Å². The molecule has 0 unspecified atom stereocenters. The number of hydrogen-bond acceptors (Lipinski definition) is 4. The molecule has 2 fully saturated rings. The van der Waals surface area contributed by atoms with Gasteiger partial charge in [0.05, 0.1) is 18.3 Å². The smallest absolute Gasteiger partial charge is 0.122 e. The summed E-state index contributed by atoms with van der Waals surface area (Å²) in [6.07, 6.45) is 9.85. The van der Waals surface area contributed by atoms with E-state index < -0.39 is 0 Å². The molecule has 2 aromatic heterocycles. The third kappa shape index (κ3) is 3.17. The molecule has 0 bridgehead atoms. The molecule has 3 heterocycles. The normalized spacial score (nSPS) is 21.3. The van der Waals surface area contributed by atoms with Gasteiger partial charge in [0.15, 0.2) is 0 Å². The molecule has 27 heavy (non-hydrogen) atoms. The Morgan fingerprint density at radius 1 is 1.26 bits per heavy atom. The van der Waals surface area contributed by atoms with Crippen LogP contribution in [0, 0.1) is 5.41 Å². The van der Waals surface area contributed by atoms with Crippen molar-refractivity contribution in [2.75, 3.05) is 13.1 Å².